The first-order valence-corrected chi connectivity index (χ1v) is 6.72. The standard InChI is InChI=1S/C14H17ClFN3/c1-2-5-17-7-12-9-19(10-18-12)8-11-3-4-14(16)13(15)6-11/h3-4,6,9-10,17H,2,5,7-8H2,1H3. The van der Waals surface area contributed by atoms with Gasteiger partial charge in [0.1, 0.15) is 5.82 Å². The molecule has 0 radical (unpaired) electrons. The first kappa shape index (κ1) is 14.0. The zero-order valence-electron chi connectivity index (χ0n) is 10.9. The number of hydrogen-bond acceptors (Lipinski definition) is 2. The molecule has 5 heteroatoms. The normalized spacial score (nSPS) is 10.9. The number of benzene rings is 1. The van der Waals surface area contributed by atoms with Crippen LogP contribution in [0.4, 0.5) is 4.39 Å². The van der Waals surface area contributed by atoms with Gasteiger partial charge in [0.2, 0.25) is 0 Å². The van der Waals surface area contributed by atoms with Crippen molar-refractivity contribution >= 4 is 11.6 Å². The van der Waals surface area contributed by atoms with Crippen molar-refractivity contribution in [3.05, 3.63) is 52.8 Å². The predicted molar refractivity (Wildman–Crippen MR) is 74.7 cm³/mol. The summed E-state index contributed by atoms with van der Waals surface area (Å²) in [7, 11) is 0. The van der Waals surface area contributed by atoms with Crippen LogP contribution in [-0.2, 0) is 13.1 Å². The average molecular weight is 282 g/mol. The molecule has 1 N–H and O–H groups in total. The van der Waals surface area contributed by atoms with Gasteiger partial charge in [0.25, 0.3) is 0 Å². The van der Waals surface area contributed by atoms with Crippen molar-refractivity contribution in [1.29, 1.82) is 0 Å². The van der Waals surface area contributed by atoms with Gasteiger partial charge >= 0.3 is 0 Å². The van der Waals surface area contributed by atoms with E-state index in [9.17, 15) is 4.39 Å². The molecule has 0 atom stereocenters. The lowest BCUT2D eigenvalue weighted by Gasteiger charge is -2.03. The highest BCUT2D eigenvalue weighted by Crippen LogP contribution is 2.16. The first-order chi connectivity index (χ1) is 9.19. The summed E-state index contributed by atoms with van der Waals surface area (Å²) in [6.07, 6.45) is 4.87. The van der Waals surface area contributed by atoms with E-state index in [1.54, 1.807) is 18.5 Å². The van der Waals surface area contributed by atoms with E-state index in [1.165, 1.54) is 6.07 Å². The third kappa shape index (κ3) is 4.04. The van der Waals surface area contributed by atoms with E-state index in [2.05, 4.69) is 17.2 Å². The number of nitrogens with one attached hydrogen (secondary N) is 1. The Bertz CT molecular complexity index is 539. The molecule has 2 aromatic rings. The Morgan fingerprint density at radius 2 is 2.26 bits per heavy atom. The zero-order valence-corrected chi connectivity index (χ0v) is 11.6. The molecule has 0 saturated carbocycles. The molecule has 0 unspecified atom stereocenters. The largest absolute Gasteiger partial charge is 0.333 e. The fraction of sp³-hybridized carbons (Fsp3) is 0.357. The maximum absolute atomic E-state index is 13.1. The Morgan fingerprint density at radius 1 is 1.42 bits per heavy atom. The van der Waals surface area contributed by atoms with Gasteiger partial charge in [0.15, 0.2) is 0 Å². The molecule has 0 bridgehead atoms. The van der Waals surface area contributed by atoms with Crippen molar-refractivity contribution in [3.8, 4) is 0 Å². The Morgan fingerprint density at radius 3 is 3.00 bits per heavy atom. The van der Waals surface area contributed by atoms with Gasteiger partial charge in [0.05, 0.1) is 17.0 Å². The summed E-state index contributed by atoms with van der Waals surface area (Å²) < 4.78 is 15.0. The second kappa shape index (κ2) is 6.68. The summed E-state index contributed by atoms with van der Waals surface area (Å²) in [6, 6.07) is 4.76. The number of hydrogen-bond donors (Lipinski definition) is 1. The average Bonchev–Trinajstić information content (AvgIpc) is 2.82. The lowest BCUT2D eigenvalue weighted by Crippen LogP contribution is -2.13. The van der Waals surface area contributed by atoms with Crippen molar-refractivity contribution < 1.29 is 4.39 Å². The van der Waals surface area contributed by atoms with Gasteiger partial charge in [-0.15, -0.1) is 0 Å². The van der Waals surface area contributed by atoms with Crippen LogP contribution in [0, 0.1) is 5.82 Å². The SMILES string of the molecule is CCCNCc1cn(Cc2ccc(F)c(Cl)c2)cn1. The van der Waals surface area contributed by atoms with Crippen LogP contribution in [0.25, 0.3) is 0 Å². The van der Waals surface area contributed by atoms with Gasteiger partial charge in [-0.1, -0.05) is 24.6 Å². The minimum atomic E-state index is -0.388. The first-order valence-electron chi connectivity index (χ1n) is 6.34. The van der Waals surface area contributed by atoms with E-state index < -0.39 is 0 Å². The van der Waals surface area contributed by atoms with Gasteiger partial charge in [-0.2, -0.15) is 0 Å². The molecule has 1 aromatic carbocycles. The number of imidazole rings is 1. The summed E-state index contributed by atoms with van der Waals surface area (Å²) in [5.41, 5.74) is 1.96. The van der Waals surface area contributed by atoms with E-state index in [1.807, 2.05) is 10.8 Å². The molecular weight excluding hydrogens is 265 g/mol. The topological polar surface area (TPSA) is 29.9 Å². The molecule has 0 aliphatic carbocycles. The summed E-state index contributed by atoms with van der Waals surface area (Å²) in [4.78, 5) is 4.32. The summed E-state index contributed by atoms with van der Waals surface area (Å²) in [5, 5.41) is 3.45. The minimum absolute atomic E-state index is 0.155. The van der Waals surface area contributed by atoms with Crippen molar-refractivity contribution in [2.24, 2.45) is 0 Å². The Kier molecular flexibility index (Phi) is 4.93. The fourth-order valence-electron chi connectivity index (χ4n) is 1.83. The van der Waals surface area contributed by atoms with E-state index in [4.69, 9.17) is 11.6 Å². The molecule has 0 spiro atoms. The number of halogens is 2. The highest BCUT2D eigenvalue weighted by molar-refractivity contribution is 6.30. The van der Waals surface area contributed by atoms with Crippen LogP contribution in [0.15, 0.2) is 30.7 Å². The number of rotatable bonds is 6. The fourth-order valence-corrected chi connectivity index (χ4v) is 2.03. The van der Waals surface area contributed by atoms with Crippen LogP contribution in [0.1, 0.15) is 24.6 Å². The zero-order chi connectivity index (χ0) is 13.7. The molecule has 102 valence electrons. The quantitative estimate of drug-likeness (QED) is 0.824. The lowest BCUT2D eigenvalue weighted by atomic mass is 10.2. The van der Waals surface area contributed by atoms with E-state index >= 15 is 0 Å². The molecule has 2 rings (SSSR count). The molecule has 1 aromatic heterocycles. The molecule has 1 heterocycles. The highest BCUT2D eigenvalue weighted by Gasteiger charge is 2.03. The van der Waals surface area contributed by atoms with Gasteiger partial charge in [-0.3, -0.25) is 0 Å². The molecule has 0 amide bonds. The molecule has 0 aliphatic heterocycles. The summed E-state index contributed by atoms with van der Waals surface area (Å²) in [5.74, 6) is -0.388. The molecule has 0 aliphatic rings. The highest BCUT2D eigenvalue weighted by atomic mass is 35.5. The predicted octanol–water partition coefficient (Wildman–Crippen LogP) is 3.22. The van der Waals surface area contributed by atoms with Crippen LogP contribution in [0.3, 0.4) is 0 Å². The molecule has 3 nitrogen and oxygen atoms in total. The molecule has 0 saturated heterocycles. The summed E-state index contributed by atoms with van der Waals surface area (Å²) in [6.45, 7) is 4.52. The third-order valence-electron chi connectivity index (χ3n) is 2.77. The summed E-state index contributed by atoms with van der Waals surface area (Å²) >= 11 is 5.76. The van der Waals surface area contributed by atoms with Gasteiger partial charge in [-0.05, 0) is 30.7 Å². The van der Waals surface area contributed by atoms with Gasteiger partial charge in [0, 0.05) is 19.3 Å². The maximum Gasteiger partial charge on any atom is 0.141 e. The second-order valence-electron chi connectivity index (χ2n) is 4.46. The smallest absolute Gasteiger partial charge is 0.141 e. The Balaban J connectivity index is 1.97. The third-order valence-corrected chi connectivity index (χ3v) is 3.06. The van der Waals surface area contributed by atoms with Crippen LogP contribution >= 0.6 is 11.6 Å². The molecule has 0 fully saturated rings. The van der Waals surface area contributed by atoms with Crippen LogP contribution in [-0.4, -0.2) is 16.1 Å². The van der Waals surface area contributed by atoms with E-state index in [0.29, 0.717) is 6.54 Å². The van der Waals surface area contributed by atoms with Crippen LogP contribution in [0.2, 0.25) is 5.02 Å². The van der Waals surface area contributed by atoms with Crippen LogP contribution < -0.4 is 5.32 Å². The lowest BCUT2D eigenvalue weighted by molar-refractivity contribution is 0.626. The molecular formula is C14H17ClFN3. The maximum atomic E-state index is 13.1. The van der Waals surface area contributed by atoms with Crippen LogP contribution in [0.5, 0.6) is 0 Å². The number of nitrogens with zero attached hydrogens (tertiary/aromatic N) is 2. The minimum Gasteiger partial charge on any atom is -0.333 e. The molecule has 19 heavy (non-hydrogen) atoms. The second-order valence-corrected chi connectivity index (χ2v) is 4.87. The van der Waals surface area contributed by atoms with Gasteiger partial charge < -0.3 is 9.88 Å². The van der Waals surface area contributed by atoms with E-state index in [-0.39, 0.29) is 10.8 Å². The number of aromatic nitrogens is 2. The Hall–Kier alpha value is -1.39. The van der Waals surface area contributed by atoms with Crippen molar-refractivity contribution in [1.82, 2.24) is 14.9 Å². The van der Waals surface area contributed by atoms with Crippen molar-refractivity contribution in [3.63, 3.8) is 0 Å². The van der Waals surface area contributed by atoms with Crippen molar-refractivity contribution in [2.75, 3.05) is 6.54 Å². The monoisotopic (exact) mass is 281 g/mol. The van der Waals surface area contributed by atoms with Crippen molar-refractivity contribution in [2.45, 2.75) is 26.4 Å². The Labute approximate surface area is 117 Å². The van der Waals surface area contributed by atoms with E-state index in [0.717, 1.165) is 30.8 Å². The van der Waals surface area contributed by atoms with Gasteiger partial charge in [-0.25, -0.2) is 9.37 Å².